The van der Waals surface area contributed by atoms with Crippen LogP contribution in [0.2, 0.25) is 0 Å². The summed E-state index contributed by atoms with van der Waals surface area (Å²) in [6, 6.07) is 3.44. The van der Waals surface area contributed by atoms with Crippen LogP contribution in [0.25, 0.3) is 0 Å². The minimum atomic E-state index is -0.760. The molecule has 2 heterocycles. The van der Waals surface area contributed by atoms with E-state index in [1.807, 2.05) is 18.7 Å². The van der Waals surface area contributed by atoms with E-state index >= 15 is 0 Å². The molecule has 2 atom stereocenters. The fraction of sp³-hybridized carbons (Fsp3) is 0.500. The third-order valence-electron chi connectivity index (χ3n) is 3.78. The first-order valence-corrected chi connectivity index (χ1v) is 6.67. The molecule has 20 heavy (non-hydrogen) atoms. The molecule has 2 unspecified atom stereocenters. The third kappa shape index (κ3) is 2.74. The van der Waals surface area contributed by atoms with Gasteiger partial charge in [0.15, 0.2) is 0 Å². The molecular weight excluding hydrogens is 258 g/mol. The van der Waals surface area contributed by atoms with E-state index in [0.29, 0.717) is 30.8 Å². The largest absolute Gasteiger partial charge is 0.481 e. The van der Waals surface area contributed by atoms with Gasteiger partial charge >= 0.3 is 5.97 Å². The fourth-order valence-electron chi connectivity index (χ4n) is 2.67. The van der Waals surface area contributed by atoms with Crippen molar-refractivity contribution in [3.8, 4) is 0 Å². The Balaban J connectivity index is 2.30. The second kappa shape index (κ2) is 5.48. The van der Waals surface area contributed by atoms with Crippen molar-refractivity contribution in [2.45, 2.75) is 32.7 Å². The number of aliphatic carboxylic acids is 1. The van der Waals surface area contributed by atoms with Crippen LogP contribution in [-0.2, 0) is 4.79 Å². The average Bonchev–Trinajstić information content (AvgIpc) is 2.37. The second-order valence-corrected chi connectivity index (χ2v) is 5.29. The van der Waals surface area contributed by atoms with Gasteiger partial charge < -0.3 is 15.7 Å². The lowest BCUT2D eigenvalue weighted by Gasteiger charge is -2.37. The number of rotatable bonds is 3. The number of piperidine rings is 1. The summed E-state index contributed by atoms with van der Waals surface area (Å²) in [5.74, 6) is -1.04. The third-order valence-corrected chi connectivity index (χ3v) is 3.78. The lowest BCUT2D eigenvalue weighted by molar-refractivity contribution is -0.142. The van der Waals surface area contributed by atoms with Crippen molar-refractivity contribution >= 4 is 17.7 Å². The highest BCUT2D eigenvalue weighted by atomic mass is 16.4. The lowest BCUT2D eigenvalue weighted by atomic mass is 9.91. The van der Waals surface area contributed by atoms with Gasteiger partial charge in [-0.1, -0.05) is 0 Å². The van der Waals surface area contributed by atoms with Crippen LogP contribution in [0.4, 0.5) is 5.82 Å². The summed E-state index contributed by atoms with van der Waals surface area (Å²) in [6.45, 7) is 4.36. The van der Waals surface area contributed by atoms with Crippen LogP contribution >= 0.6 is 0 Å². The molecular formula is C14H19N3O3. The van der Waals surface area contributed by atoms with E-state index in [1.54, 1.807) is 12.1 Å². The Morgan fingerprint density at radius 1 is 1.45 bits per heavy atom. The molecule has 108 valence electrons. The number of carbonyl (C=O) groups excluding carboxylic acids is 1. The van der Waals surface area contributed by atoms with Gasteiger partial charge in [-0.25, -0.2) is 4.98 Å². The van der Waals surface area contributed by atoms with Gasteiger partial charge in [-0.15, -0.1) is 0 Å². The number of pyridine rings is 1. The van der Waals surface area contributed by atoms with E-state index < -0.39 is 11.9 Å². The minimum absolute atomic E-state index is 0.0113. The topological polar surface area (TPSA) is 96.5 Å². The average molecular weight is 277 g/mol. The maximum Gasteiger partial charge on any atom is 0.306 e. The van der Waals surface area contributed by atoms with Crippen LogP contribution in [0.3, 0.4) is 0 Å². The van der Waals surface area contributed by atoms with Crippen LogP contribution < -0.4 is 10.6 Å². The van der Waals surface area contributed by atoms with Crippen LogP contribution in [0, 0.1) is 12.8 Å². The molecule has 0 aliphatic carbocycles. The van der Waals surface area contributed by atoms with E-state index in [0.717, 1.165) is 5.69 Å². The van der Waals surface area contributed by atoms with Crippen molar-refractivity contribution in [3.05, 3.63) is 23.4 Å². The SMILES string of the molecule is Cc1ccc(C(N)=O)c(N2CCC(C(=O)O)CC2C)n1. The van der Waals surface area contributed by atoms with Gasteiger partial charge in [0.1, 0.15) is 5.82 Å². The Kier molecular flexibility index (Phi) is 3.92. The number of aromatic nitrogens is 1. The van der Waals surface area contributed by atoms with Gasteiger partial charge in [0.05, 0.1) is 11.5 Å². The molecule has 0 bridgehead atoms. The lowest BCUT2D eigenvalue weighted by Crippen LogP contribution is -2.44. The van der Waals surface area contributed by atoms with Gasteiger partial charge in [-0.3, -0.25) is 9.59 Å². The summed E-state index contributed by atoms with van der Waals surface area (Å²) in [5, 5.41) is 9.09. The molecule has 0 saturated carbocycles. The van der Waals surface area contributed by atoms with Gasteiger partial charge in [0.25, 0.3) is 5.91 Å². The van der Waals surface area contributed by atoms with E-state index in [4.69, 9.17) is 10.8 Å². The van der Waals surface area contributed by atoms with Crippen LogP contribution in [0.1, 0.15) is 35.8 Å². The molecule has 3 N–H and O–H groups in total. The number of carbonyl (C=O) groups is 2. The standard InChI is InChI=1S/C14H19N3O3/c1-8-3-4-11(12(15)18)13(16-8)17-6-5-10(14(19)20)7-9(17)2/h3-4,9-10H,5-7H2,1-2H3,(H2,15,18)(H,19,20). The van der Waals surface area contributed by atoms with Crippen molar-refractivity contribution < 1.29 is 14.7 Å². The van der Waals surface area contributed by atoms with Crippen molar-refractivity contribution in [3.63, 3.8) is 0 Å². The first-order chi connectivity index (χ1) is 9.40. The first-order valence-electron chi connectivity index (χ1n) is 6.67. The molecule has 0 radical (unpaired) electrons. The summed E-state index contributed by atoms with van der Waals surface area (Å²) in [4.78, 5) is 29.0. The quantitative estimate of drug-likeness (QED) is 0.864. The zero-order valence-corrected chi connectivity index (χ0v) is 11.7. The number of nitrogens with two attached hydrogens (primary N) is 1. The van der Waals surface area contributed by atoms with Crippen molar-refractivity contribution in [1.29, 1.82) is 0 Å². The van der Waals surface area contributed by atoms with Crippen LogP contribution in [0.15, 0.2) is 12.1 Å². The summed E-state index contributed by atoms with van der Waals surface area (Å²) in [6.07, 6.45) is 1.09. The molecule has 6 nitrogen and oxygen atoms in total. The van der Waals surface area contributed by atoms with Crippen molar-refractivity contribution in [1.82, 2.24) is 4.98 Å². The smallest absolute Gasteiger partial charge is 0.306 e. The van der Waals surface area contributed by atoms with E-state index in [-0.39, 0.29) is 12.0 Å². The molecule has 1 aliphatic heterocycles. The summed E-state index contributed by atoms with van der Waals surface area (Å²) >= 11 is 0. The number of primary amides is 1. The molecule has 1 saturated heterocycles. The van der Waals surface area contributed by atoms with Crippen molar-refractivity contribution in [2.75, 3.05) is 11.4 Å². The van der Waals surface area contributed by atoms with Gasteiger partial charge in [-0.05, 0) is 38.8 Å². The number of amides is 1. The first kappa shape index (κ1) is 14.3. The van der Waals surface area contributed by atoms with Gasteiger partial charge in [-0.2, -0.15) is 0 Å². The van der Waals surface area contributed by atoms with Crippen molar-refractivity contribution in [2.24, 2.45) is 11.7 Å². The number of hydrogen-bond acceptors (Lipinski definition) is 4. The van der Waals surface area contributed by atoms with Crippen LogP contribution in [0.5, 0.6) is 0 Å². The molecule has 1 fully saturated rings. The van der Waals surface area contributed by atoms with Gasteiger partial charge in [0, 0.05) is 18.3 Å². The number of hydrogen-bond donors (Lipinski definition) is 2. The maximum absolute atomic E-state index is 11.5. The normalized spacial score (nSPS) is 22.6. The highest BCUT2D eigenvalue weighted by Crippen LogP contribution is 2.29. The maximum atomic E-state index is 11.5. The Morgan fingerprint density at radius 2 is 2.15 bits per heavy atom. The van der Waals surface area contributed by atoms with E-state index in [2.05, 4.69) is 4.98 Å². The highest BCUT2D eigenvalue weighted by molar-refractivity contribution is 5.97. The Morgan fingerprint density at radius 3 is 2.70 bits per heavy atom. The minimum Gasteiger partial charge on any atom is -0.481 e. The fourth-order valence-corrected chi connectivity index (χ4v) is 2.67. The zero-order valence-electron chi connectivity index (χ0n) is 11.7. The van der Waals surface area contributed by atoms with Crippen LogP contribution in [-0.4, -0.2) is 34.6 Å². The predicted molar refractivity (Wildman–Crippen MR) is 74.7 cm³/mol. The number of carboxylic acid groups (broad SMARTS) is 1. The zero-order chi connectivity index (χ0) is 14.9. The predicted octanol–water partition coefficient (Wildman–Crippen LogP) is 1.18. The second-order valence-electron chi connectivity index (χ2n) is 5.29. The van der Waals surface area contributed by atoms with E-state index in [9.17, 15) is 9.59 Å². The Bertz CT molecular complexity index is 544. The van der Waals surface area contributed by atoms with E-state index in [1.165, 1.54) is 0 Å². The number of carboxylic acids is 1. The number of aryl methyl sites for hydroxylation is 1. The Labute approximate surface area is 117 Å². The molecule has 0 aromatic carbocycles. The summed E-state index contributed by atoms with van der Waals surface area (Å²) in [7, 11) is 0. The molecule has 6 heteroatoms. The highest BCUT2D eigenvalue weighted by Gasteiger charge is 2.31. The summed E-state index contributed by atoms with van der Waals surface area (Å²) in [5.41, 5.74) is 6.58. The molecule has 1 amide bonds. The van der Waals surface area contributed by atoms with Gasteiger partial charge in [0.2, 0.25) is 0 Å². The molecule has 2 rings (SSSR count). The molecule has 1 aromatic rings. The monoisotopic (exact) mass is 277 g/mol. The molecule has 1 aliphatic rings. The number of anilines is 1. The molecule has 1 aromatic heterocycles. The molecule has 0 spiro atoms. The Hall–Kier alpha value is -2.11. The summed E-state index contributed by atoms with van der Waals surface area (Å²) < 4.78 is 0. The number of nitrogens with zero attached hydrogens (tertiary/aromatic N) is 2.